The molecule has 0 aliphatic carbocycles. The predicted octanol–water partition coefficient (Wildman–Crippen LogP) is 3.29. The third-order valence-corrected chi connectivity index (χ3v) is 4.43. The zero-order valence-electron chi connectivity index (χ0n) is 11.5. The van der Waals surface area contributed by atoms with E-state index in [2.05, 4.69) is 20.5 Å². The Morgan fingerprint density at radius 2 is 2.23 bits per heavy atom. The number of aromatic nitrogens is 3. The molecule has 112 valence electrons. The van der Waals surface area contributed by atoms with Gasteiger partial charge in [-0.05, 0) is 19.1 Å². The average Bonchev–Trinajstić information content (AvgIpc) is 3.08. The first kappa shape index (κ1) is 14.7. The minimum absolute atomic E-state index is 0.143. The fourth-order valence-corrected chi connectivity index (χ4v) is 3.24. The third-order valence-electron chi connectivity index (χ3n) is 2.74. The molecule has 0 aliphatic heterocycles. The number of aryl methyl sites for hydroxylation is 1. The fraction of sp³-hybridized carbons (Fsp3) is 0.143. The number of nitrogens with zero attached hydrogens (tertiary/aromatic N) is 3. The second-order valence-electron chi connectivity index (χ2n) is 4.51. The zero-order chi connectivity index (χ0) is 15.5. The highest BCUT2D eigenvalue weighted by Gasteiger charge is 2.11. The van der Waals surface area contributed by atoms with E-state index in [4.69, 9.17) is 0 Å². The number of hydrogen-bond acceptors (Lipinski definition) is 6. The zero-order valence-corrected chi connectivity index (χ0v) is 13.2. The first-order valence-corrected chi connectivity index (χ1v) is 8.10. The minimum Gasteiger partial charge on any atom is -0.300 e. The number of nitrogens with one attached hydrogen (secondary N) is 1. The monoisotopic (exact) mass is 334 g/mol. The van der Waals surface area contributed by atoms with Gasteiger partial charge in [0.05, 0.1) is 12.1 Å². The summed E-state index contributed by atoms with van der Waals surface area (Å²) in [6.45, 7) is 1.82. The first-order valence-electron chi connectivity index (χ1n) is 6.40. The van der Waals surface area contributed by atoms with Crippen molar-refractivity contribution in [2.75, 3.05) is 5.32 Å². The Kier molecular flexibility index (Phi) is 4.21. The summed E-state index contributed by atoms with van der Waals surface area (Å²) in [6, 6.07) is 6.23. The van der Waals surface area contributed by atoms with Crippen molar-refractivity contribution in [3.8, 4) is 10.6 Å². The van der Waals surface area contributed by atoms with Crippen molar-refractivity contribution in [3.63, 3.8) is 0 Å². The van der Waals surface area contributed by atoms with Crippen LogP contribution in [0.5, 0.6) is 0 Å². The number of thiazole rings is 1. The van der Waals surface area contributed by atoms with Gasteiger partial charge in [0.1, 0.15) is 15.8 Å². The van der Waals surface area contributed by atoms with E-state index in [0.717, 1.165) is 5.01 Å². The molecule has 0 saturated heterocycles. The van der Waals surface area contributed by atoms with Crippen LogP contribution in [0.1, 0.15) is 10.7 Å². The molecule has 3 aromatic rings. The Labute approximate surface area is 133 Å². The third kappa shape index (κ3) is 3.52. The standard InChI is InChI=1S/C14H11FN4OS2/c1-8-18-19-14(22-8)17-12(20)6-11-7-21-13(16-11)9-3-2-4-10(15)5-9/h2-5,7H,6H2,1H3,(H,17,19,20). The van der Waals surface area contributed by atoms with E-state index in [1.165, 1.54) is 34.8 Å². The van der Waals surface area contributed by atoms with E-state index < -0.39 is 0 Å². The van der Waals surface area contributed by atoms with Gasteiger partial charge in [-0.1, -0.05) is 23.5 Å². The van der Waals surface area contributed by atoms with Gasteiger partial charge in [-0.3, -0.25) is 4.79 Å². The molecular formula is C14H11FN4OS2. The van der Waals surface area contributed by atoms with Crippen molar-refractivity contribution in [1.82, 2.24) is 15.2 Å². The van der Waals surface area contributed by atoms with Crippen LogP contribution in [0.15, 0.2) is 29.6 Å². The van der Waals surface area contributed by atoms with E-state index in [1.54, 1.807) is 17.5 Å². The minimum atomic E-state index is -0.307. The second-order valence-corrected chi connectivity index (χ2v) is 6.55. The highest BCUT2D eigenvalue weighted by atomic mass is 32.1. The van der Waals surface area contributed by atoms with Crippen LogP contribution in [-0.2, 0) is 11.2 Å². The van der Waals surface area contributed by atoms with Crippen molar-refractivity contribution < 1.29 is 9.18 Å². The van der Waals surface area contributed by atoms with Crippen molar-refractivity contribution in [2.24, 2.45) is 0 Å². The molecule has 0 spiro atoms. The Bertz CT molecular complexity index is 815. The maximum Gasteiger partial charge on any atom is 0.232 e. The number of hydrogen-bond donors (Lipinski definition) is 1. The van der Waals surface area contributed by atoms with Crippen molar-refractivity contribution in [3.05, 3.63) is 46.2 Å². The summed E-state index contributed by atoms with van der Waals surface area (Å²) in [4.78, 5) is 16.3. The van der Waals surface area contributed by atoms with Crippen LogP contribution in [0, 0.1) is 12.7 Å². The van der Waals surface area contributed by atoms with Crippen molar-refractivity contribution >= 4 is 33.7 Å². The van der Waals surface area contributed by atoms with Gasteiger partial charge in [-0.2, -0.15) is 0 Å². The molecule has 0 aliphatic rings. The number of carbonyl (C=O) groups excluding carboxylic acids is 1. The number of amides is 1. The lowest BCUT2D eigenvalue weighted by Gasteiger charge is -1.98. The molecule has 0 fully saturated rings. The Hall–Kier alpha value is -2.19. The summed E-state index contributed by atoms with van der Waals surface area (Å²) in [5.74, 6) is -0.508. The van der Waals surface area contributed by atoms with Crippen LogP contribution < -0.4 is 5.32 Å². The molecule has 22 heavy (non-hydrogen) atoms. The van der Waals surface area contributed by atoms with Crippen molar-refractivity contribution in [2.45, 2.75) is 13.3 Å². The second kappa shape index (κ2) is 6.29. The van der Waals surface area contributed by atoms with Gasteiger partial charge in [0, 0.05) is 10.9 Å². The van der Waals surface area contributed by atoms with Gasteiger partial charge in [0.2, 0.25) is 11.0 Å². The van der Waals surface area contributed by atoms with Gasteiger partial charge in [0.15, 0.2) is 0 Å². The molecule has 0 unspecified atom stereocenters. The molecule has 2 heterocycles. The number of rotatable bonds is 4. The molecule has 8 heteroatoms. The van der Waals surface area contributed by atoms with E-state index in [1.807, 2.05) is 6.92 Å². The normalized spacial score (nSPS) is 10.6. The summed E-state index contributed by atoms with van der Waals surface area (Å²) in [6.07, 6.45) is 0.143. The lowest BCUT2D eigenvalue weighted by molar-refractivity contribution is -0.115. The van der Waals surface area contributed by atoms with Crippen LogP contribution in [0.4, 0.5) is 9.52 Å². The summed E-state index contributed by atoms with van der Waals surface area (Å²) < 4.78 is 13.2. The molecule has 0 atom stereocenters. The lowest BCUT2D eigenvalue weighted by Crippen LogP contribution is -2.14. The van der Waals surface area contributed by atoms with Crippen LogP contribution in [0.3, 0.4) is 0 Å². The number of carbonyl (C=O) groups is 1. The van der Waals surface area contributed by atoms with Gasteiger partial charge >= 0.3 is 0 Å². The molecule has 0 saturated carbocycles. The number of anilines is 1. The highest BCUT2D eigenvalue weighted by Crippen LogP contribution is 2.24. The van der Waals surface area contributed by atoms with Crippen LogP contribution >= 0.6 is 22.7 Å². The molecule has 2 aromatic heterocycles. The van der Waals surface area contributed by atoms with Gasteiger partial charge < -0.3 is 5.32 Å². The van der Waals surface area contributed by atoms with Crippen LogP contribution in [-0.4, -0.2) is 21.1 Å². The van der Waals surface area contributed by atoms with Gasteiger partial charge in [-0.25, -0.2) is 9.37 Å². The Morgan fingerprint density at radius 3 is 2.95 bits per heavy atom. The molecule has 0 radical (unpaired) electrons. The molecule has 1 aromatic carbocycles. The van der Waals surface area contributed by atoms with E-state index >= 15 is 0 Å². The van der Waals surface area contributed by atoms with Crippen molar-refractivity contribution in [1.29, 1.82) is 0 Å². The first-order chi connectivity index (χ1) is 10.6. The molecular weight excluding hydrogens is 323 g/mol. The van der Waals surface area contributed by atoms with Crippen LogP contribution in [0.2, 0.25) is 0 Å². The Morgan fingerprint density at radius 1 is 1.36 bits per heavy atom. The van der Waals surface area contributed by atoms with E-state index in [-0.39, 0.29) is 18.1 Å². The molecule has 5 nitrogen and oxygen atoms in total. The SMILES string of the molecule is Cc1nnc(NC(=O)Cc2csc(-c3cccc(F)c3)n2)s1. The molecule has 1 amide bonds. The number of benzene rings is 1. The predicted molar refractivity (Wildman–Crippen MR) is 84.5 cm³/mol. The average molecular weight is 334 g/mol. The largest absolute Gasteiger partial charge is 0.300 e. The van der Waals surface area contributed by atoms with E-state index in [9.17, 15) is 9.18 Å². The Balaban J connectivity index is 1.67. The van der Waals surface area contributed by atoms with Gasteiger partial charge in [-0.15, -0.1) is 21.5 Å². The highest BCUT2D eigenvalue weighted by molar-refractivity contribution is 7.15. The quantitative estimate of drug-likeness (QED) is 0.795. The van der Waals surface area contributed by atoms with Crippen LogP contribution in [0.25, 0.3) is 10.6 Å². The maximum atomic E-state index is 13.2. The summed E-state index contributed by atoms with van der Waals surface area (Å²) in [7, 11) is 0. The molecule has 1 N–H and O–H groups in total. The fourth-order valence-electron chi connectivity index (χ4n) is 1.82. The molecule has 0 bridgehead atoms. The maximum absolute atomic E-state index is 13.2. The summed E-state index contributed by atoms with van der Waals surface area (Å²) in [5, 5.41) is 14.1. The summed E-state index contributed by atoms with van der Waals surface area (Å²) >= 11 is 2.70. The van der Waals surface area contributed by atoms with Gasteiger partial charge in [0.25, 0.3) is 0 Å². The topological polar surface area (TPSA) is 67.8 Å². The summed E-state index contributed by atoms with van der Waals surface area (Å²) in [5.41, 5.74) is 1.35. The lowest BCUT2D eigenvalue weighted by atomic mass is 10.2. The number of halogens is 1. The molecule has 3 rings (SSSR count). The van der Waals surface area contributed by atoms with E-state index in [0.29, 0.717) is 21.4 Å². The smallest absolute Gasteiger partial charge is 0.232 e.